The summed E-state index contributed by atoms with van der Waals surface area (Å²) in [4.78, 5) is 0. The van der Waals surface area contributed by atoms with Crippen LogP contribution in [0.25, 0.3) is 5.69 Å². The highest BCUT2D eigenvalue weighted by atomic mass is 32.2. The van der Waals surface area contributed by atoms with Crippen molar-refractivity contribution in [2.45, 2.75) is 17.8 Å². The summed E-state index contributed by atoms with van der Waals surface area (Å²) in [5.41, 5.74) is 3.29. The molecule has 0 saturated heterocycles. The average molecular weight is 312 g/mol. The van der Waals surface area contributed by atoms with Crippen molar-refractivity contribution < 1.29 is 4.74 Å². The molecule has 0 amide bonds. The Hall–Kier alpha value is -2.34. The molecule has 2 aromatic carbocycles. The summed E-state index contributed by atoms with van der Waals surface area (Å²) in [5, 5.41) is 12.7. The monoisotopic (exact) mass is 312 g/mol. The van der Waals surface area contributed by atoms with E-state index in [2.05, 4.69) is 28.5 Å². The van der Waals surface area contributed by atoms with Crippen LogP contribution >= 0.6 is 11.8 Å². The van der Waals surface area contributed by atoms with Gasteiger partial charge in [-0.05, 0) is 35.5 Å². The Labute approximate surface area is 133 Å². The molecule has 0 aliphatic rings. The molecule has 0 saturated carbocycles. The summed E-state index contributed by atoms with van der Waals surface area (Å²) in [6.07, 6.45) is 0. The first kappa shape index (κ1) is 14.6. The second-order valence-corrected chi connectivity index (χ2v) is 5.76. The Balaban J connectivity index is 1.81. The molecule has 0 radical (unpaired) electrons. The highest BCUT2D eigenvalue weighted by Gasteiger charge is 2.11. The van der Waals surface area contributed by atoms with E-state index in [0.717, 1.165) is 27.9 Å². The summed E-state index contributed by atoms with van der Waals surface area (Å²) < 4.78 is 7.16. The number of benzene rings is 2. The van der Waals surface area contributed by atoms with E-state index in [1.54, 1.807) is 23.6 Å². The number of nitrogens with zero attached hydrogens (tertiary/aromatic N) is 4. The van der Waals surface area contributed by atoms with Gasteiger partial charge in [0, 0.05) is 11.3 Å². The van der Waals surface area contributed by atoms with Crippen LogP contribution in [0.5, 0.6) is 5.75 Å². The second kappa shape index (κ2) is 6.62. The Morgan fingerprint density at radius 3 is 2.73 bits per heavy atom. The van der Waals surface area contributed by atoms with Crippen LogP contribution in [0.1, 0.15) is 11.1 Å². The maximum atomic E-state index is 5.41. The van der Waals surface area contributed by atoms with Crippen molar-refractivity contribution in [1.29, 1.82) is 0 Å². The van der Waals surface area contributed by atoms with Crippen LogP contribution < -0.4 is 4.74 Å². The number of hydrogen-bond donors (Lipinski definition) is 0. The summed E-state index contributed by atoms with van der Waals surface area (Å²) in [7, 11) is 1.69. The van der Waals surface area contributed by atoms with Crippen molar-refractivity contribution in [3.05, 3.63) is 59.7 Å². The zero-order valence-corrected chi connectivity index (χ0v) is 13.2. The van der Waals surface area contributed by atoms with E-state index in [0.29, 0.717) is 0 Å². The minimum absolute atomic E-state index is 0.748. The molecule has 0 bridgehead atoms. The number of aromatic nitrogens is 4. The molecule has 0 aliphatic carbocycles. The first-order chi connectivity index (χ1) is 10.8. The molecule has 5 nitrogen and oxygen atoms in total. The lowest BCUT2D eigenvalue weighted by atomic mass is 10.1. The van der Waals surface area contributed by atoms with Gasteiger partial charge in [-0.15, -0.1) is 5.10 Å². The predicted molar refractivity (Wildman–Crippen MR) is 86.4 cm³/mol. The van der Waals surface area contributed by atoms with Gasteiger partial charge >= 0.3 is 0 Å². The van der Waals surface area contributed by atoms with Gasteiger partial charge < -0.3 is 4.74 Å². The molecule has 0 fully saturated rings. The molecule has 0 unspecified atom stereocenters. The smallest absolute Gasteiger partial charge is 0.214 e. The van der Waals surface area contributed by atoms with Crippen molar-refractivity contribution in [2.24, 2.45) is 0 Å². The Morgan fingerprint density at radius 2 is 1.95 bits per heavy atom. The highest BCUT2D eigenvalue weighted by molar-refractivity contribution is 7.98. The van der Waals surface area contributed by atoms with E-state index in [-0.39, 0.29) is 0 Å². The fourth-order valence-electron chi connectivity index (χ4n) is 2.16. The van der Waals surface area contributed by atoms with Crippen LogP contribution in [0.4, 0.5) is 0 Å². The van der Waals surface area contributed by atoms with Crippen molar-refractivity contribution in [3.8, 4) is 11.4 Å². The van der Waals surface area contributed by atoms with Crippen molar-refractivity contribution in [2.75, 3.05) is 7.11 Å². The maximum absolute atomic E-state index is 5.41. The molecule has 0 spiro atoms. The van der Waals surface area contributed by atoms with Crippen molar-refractivity contribution in [1.82, 2.24) is 20.2 Å². The van der Waals surface area contributed by atoms with Crippen molar-refractivity contribution >= 4 is 11.8 Å². The topological polar surface area (TPSA) is 52.8 Å². The van der Waals surface area contributed by atoms with E-state index in [4.69, 9.17) is 4.74 Å². The number of thioether (sulfide) groups is 1. The third-order valence-corrected chi connectivity index (χ3v) is 4.20. The molecule has 3 rings (SSSR count). The normalized spacial score (nSPS) is 10.6. The zero-order valence-electron chi connectivity index (χ0n) is 12.4. The molecular weight excluding hydrogens is 296 g/mol. The first-order valence-corrected chi connectivity index (χ1v) is 7.86. The number of tetrazole rings is 1. The van der Waals surface area contributed by atoms with Gasteiger partial charge in [0.1, 0.15) is 5.75 Å². The predicted octanol–water partition coefficient (Wildman–Crippen LogP) is 3.27. The standard InChI is InChI=1S/C16H16N4OS/c1-12-8-9-15(21-2)13(10-12)11-22-16-17-18-19-20(16)14-6-4-3-5-7-14/h3-10H,11H2,1-2H3. The minimum atomic E-state index is 0.748. The third kappa shape index (κ3) is 3.12. The number of hydrogen-bond acceptors (Lipinski definition) is 5. The lowest BCUT2D eigenvalue weighted by molar-refractivity contribution is 0.411. The second-order valence-electron chi connectivity index (χ2n) is 4.81. The molecule has 3 aromatic rings. The van der Waals surface area contributed by atoms with Gasteiger partial charge in [-0.3, -0.25) is 0 Å². The van der Waals surface area contributed by atoms with Gasteiger partial charge in [0.25, 0.3) is 0 Å². The molecule has 1 heterocycles. The Morgan fingerprint density at radius 1 is 1.14 bits per heavy atom. The number of ether oxygens (including phenoxy) is 1. The van der Waals surface area contributed by atoms with Crippen LogP contribution in [0.2, 0.25) is 0 Å². The number of aryl methyl sites for hydroxylation is 1. The summed E-state index contributed by atoms with van der Waals surface area (Å²) in [6, 6.07) is 16.0. The van der Waals surface area contributed by atoms with Gasteiger partial charge in [0.15, 0.2) is 0 Å². The van der Waals surface area contributed by atoms with Crippen LogP contribution in [-0.4, -0.2) is 27.3 Å². The maximum Gasteiger partial charge on any atom is 0.214 e. The first-order valence-electron chi connectivity index (χ1n) is 6.88. The number of rotatable bonds is 5. The average Bonchev–Trinajstić information content (AvgIpc) is 3.02. The van der Waals surface area contributed by atoms with Crippen LogP contribution in [0, 0.1) is 6.92 Å². The molecule has 22 heavy (non-hydrogen) atoms. The highest BCUT2D eigenvalue weighted by Crippen LogP contribution is 2.28. The summed E-state index contributed by atoms with van der Waals surface area (Å²) in [5.74, 6) is 1.63. The van der Waals surface area contributed by atoms with Gasteiger partial charge in [-0.25, -0.2) is 0 Å². The van der Waals surface area contributed by atoms with Gasteiger partial charge in [0.2, 0.25) is 5.16 Å². The zero-order chi connectivity index (χ0) is 15.4. The molecule has 0 aliphatic heterocycles. The van der Waals surface area contributed by atoms with Crippen LogP contribution in [-0.2, 0) is 5.75 Å². The minimum Gasteiger partial charge on any atom is -0.496 e. The fourth-order valence-corrected chi connectivity index (χ4v) is 3.03. The van der Waals surface area contributed by atoms with E-state index in [1.165, 1.54) is 5.56 Å². The van der Waals surface area contributed by atoms with E-state index in [9.17, 15) is 0 Å². The number of methoxy groups -OCH3 is 1. The summed E-state index contributed by atoms with van der Waals surface area (Å²) in [6.45, 7) is 2.07. The number of para-hydroxylation sites is 1. The summed E-state index contributed by atoms with van der Waals surface area (Å²) >= 11 is 1.59. The van der Waals surface area contributed by atoms with E-state index in [1.807, 2.05) is 42.5 Å². The van der Waals surface area contributed by atoms with Crippen LogP contribution in [0.15, 0.2) is 53.7 Å². The van der Waals surface area contributed by atoms with E-state index >= 15 is 0 Å². The van der Waals surface area contributed by atoms with Crippen LogP contribution in [0.3, 0.4) is 0 Å². The molecular formula is C16H16N4OS. The SMILES string of the molecule is COc1ccc(C)cc1CSc1nnnn1-c1ccccc1. The third-order valence-electron chi connectivity index (χ3n) is 3.23. The molecule has 1 aromatic heterocycles. The Bertz CT molecular complexity index is 758. The van der Waals surface area contributed by atoms with Gasteiger partial charge in [0.05, 0.1) is 12.8 Å². The molecule has 6 heteroatoms. The lowest BCUT2D eigenvalue weighted by Gasteiger charge is -2.09. The quantitative estimate of drug-likeness (QED) is 0.677. The Kier molecular flexibility index (Phi) is 4.39. The molecule has 0 atom stereocenters. The van der Waals surface area contributed by atoms with Crippen molar-refractivity contribution in [3.63, 3.8) is 0 Å². The molecule has 0 N–H and O–H groups in total. The largest absolute Gasteiger partial charge is 0.496 e. The molecule has 112 valence electrons. The lowest BCUT2D eigenvalue weighted by Crippen LogP contribution is -1.99. The fraction of sp³-hybridized carbons (Fsp3) is 0.188. The van der Waals surface area contributed by atoms with E-state index < -0.39 is 0 Å². The van der Waals surface area contributed by atoms with Gasteiger partial charge in [-0.2, -0.15) is 4.68 Å². The van der Waals surface area contributed by atoms with Gasteiger partial charge in [-0.1, -0.05) is 47.7 Å².